The van der Waals surface area contributed by atoms with Gasteiger partial charge in [0.2, 0.25) is 0 Å². The number of hydrogen-bond donors (Lipinski definition) is 2. The number of carboxylic acids is 1. The lowest BCUT2D eigenvalue weighted by Gasteiger charge is -2.16. The first kappa shape index (κ1) is 14.8. The average molecular weight is 259 g/mol. The molecule has 0 spiro atoms. The van der Waals surface area contributed by atoms with Gasteiger partial charge in [0.15, 0.2) is 0 Å². The molecule has 19 heavy (non-hydrogen) atoms. The van der Waals surface area contributed by atoms with Gasteiger partial charge in [-0.2, -0.15) is 0 Å². The maximum absolute atomic E-state index is 11.9. The molecule has 0 heterocycles. The Hall–Kier alpha value is -2.28. The molecule has 1 unspecified atom stereocenters. The van der Waals surface area contributed by atoms with E-state index in [1.807, 2.05) is 13.8 Å². The van der Waals surface area contributed by atoms with E-state index < -0.39 is 17.9 Å². The van der Waals surface area contributed by atoms with Gasteiger partial charge in [0.05, 0.1) is 0 Å². The maximum Gasteiger partial charge on any atom is 0.326 e. The molecule has 0 aliphatic rings. The molecular formula is C15H17NO3. The zero-order valence-corrected chi connectivity index (χ0v) is 11.0. The number of carbonyl (C=O) groups excluding carboxylic acids is 1. The van der Waals surface area contributed by atoms with Crippen molar-refractivity contribution in [3.63, 3.8) is 0 Å². The summed E-state index contributed by atoms with van der Waals surface area (Å²) in [7, 11) is 0. The molecule has 0 radical (unpaired) electrons. The number of nitrogens with one attached hydrogen (secondary N) is 1. The lowest BCUT2D eigenvalue weighted by Crippen LogP contribution is -2.41. The fraction of sp³-hybridized carbons (Fsp3) is 0.333. The van der Waals surface area contributed by atoms with Crippen LogP contribution in [0.2, 0.25) is 0 Å². The van der Waals surface area contributed by atoms with Crippen molar-refractivity contribution in [2.24, 2.45) is 5.92 Å². The van der Waals surface area contributed by atoms with Gasteiger partial charge in [-0.05, 0) is 36.6 Å². The summed E-state index contributed by atoms with van der Waals surface area (Å²) in [6.07, 6.45) is 5.62. The molecule has 2 N–H and O–H groups in total. The Morgan fingerprint density at radius 1 is 1.32 bits per heavy atom. The normalized spacial score (nSPS) is 11.7. The SMILES string of the molecule is C#Cc1ccc(C(=O)NC(CC(C)C)C(=O)O)cc1. The number of terminal acetylenes is 1. The fourth-order valence-electron chi connectivity index (χ4n) is 1.65. The molecule has 1 aromatic rings. The van der Waals surface area contributed by atoms with Crippen LogP contribution in [-0.2, 0) is 4.79 Å². The van der Waals surface area contributed by atoms with Crippen LogP contribution in [0.1, 0.15) is 36.2 Å². The van der Waals surface area contributed by atoms with E-state index in [2.05, 4.69) is 11.2 Å². The van der Waals surface area contributed by atoms with Gasteiger partial charge in [-0.25, -0.2) is 4.79 Å². The van der Waals surface area contributed by atoms with E-state index in [1.54, 1.807) is 24.3 Å². The molecule has 0 fully saturated rings. The summed E-state index contributed by atoms with van der Waals surface area (Å²) in [6, 6.07) is 5.58. The van der Waals surface area contributed by atoms with Crippen LogP contribution in [0.25, 0.3) is 0 Å². The second kappa shape index (κ2) is 6.60. The number of carboxylic acid groups (broad SMARTS) is 1. The number of hydrogen-bond acceptors (Lipinski definition) is 2. The Balaban J connectivity index is 2.76. The molecule has 0 aliphatic carbocycles. The summed E-state index contributed by atoms with van der Waals surface area (Å²) in [5, 5.41) is 11.6. The van der Waals surface area contributed by atoms with E-state index in [-0.39, 0.29) is 5.92 Å². The van der Waals surface area contributed by atoms with Gasteiger partial charge in [-0.15, -0.1) is 6.42 Å². The zero-order chi connectivity index (χ0) is 14.4. The van der Waals surface area contributed by atoms with Gasteiger partial charge in [-0.3, -0.25) is 4.79 Å². The highest BCUT2D eigenvalue weighted by Crippen LogP contribution is 2.08. The number of benzene rings is 1. The largest absolute Gasteiger partial charge is 0.480 e. The van der Waals surface area contributed by atoms with Gasteiger partial charge in [0, 0.05) is 11.1 Å². The Morgan fingerprint density at radius 2 is 1.89 bits per heavy atom. The first-order chi connectivity index (χ1) is 8.93. The predicted octanol–water partition coefficient (Wildman–Crippen LogP) is 1.90. The van der Waals surface area contributed by atoms with E-state index in [0.717, 1.165) is 0 Å². The molecule has 0 aliphatic heterocycles. The topological polar surface area (TPSA) is 66.4 Å². The van der Waals surface area contributed by atoms with E-state index in [9.17, 15) is 9.59 Å². The second-order valence-electron chi connectivity index (χ2n) is 4.72. The molecule has 0 aromatic heterocycles. The lowest BCUT2D eigenvalue weighted by atomic mass is 10.0. The number of carbonyl (C=O) groups is 2. The Kier molecular flexibility index (Phi) is 5.13. The standard InChI is InChI=1S/C15H17NO3/c1-4-11-5-7-12(8-6-11)14(17)16-13(15(18)19)9-10(2)3/h1,5-8,10,13H,9H2,2-3H3,(H,16,17)(H,18,19). The number of aliphatic carboxylic acids is 1. The maximum atomic E-state index is 11.9. The fourth-order valence-corrected chi connectivity index (χ4v) is 1.65. The molecule has 4 nitrogen and oxygen atoms in total. The summed E-state index contributed by atoms with van der Waals surface area (Å²) in [4.78, 5) is 23.0. The van der Waals surface area contributed by atoms with Crippen LogP contribution in [0.3, 0.4) is 0 Å². The van der Waals surface area contributed by atoms with Gasteiger partial charge >= 0.3 is 5.97 Å². The van der Waals surface area contributed by atoms with Gasteiger partial charge in [0.25, 0.3) is 5.91 Å². The highest BCUT2D eigenvalue weighted by Gasteiger charge is 2.21. The van der Waals surface area contributed by atoms with Crippen molar-refractivity contribution in [2.75, 3.05) is 0 Å². The van der Waals surface area contributed by atoms with Gasteiger partial charge in [-0.1, -0.05) is 19.8 Å². The van der Waals surface area contributed by atoms with Crippen LogP contribution >= 0.6 is 0 Å². The van der Waals surface area contributed by atoms with E-state index >= 15 is 0 Å². The quantitative estimate of drug-likeness (QED) is 0.794. The Morgan fingerprint density at radius 3 is 2.32 bits per heavy atom. The first-order valence-electron chi connectivity index (χ1n) is 6.04. The molecule has 100 valence electrons. The highest BCUT2D eigenvalue weighted by atomic mass is 16.4. The van der Waals surface area contributed by atoms with Crippen molar-refractivity contribution in [1.29, 1.82) is 0 Å². The molecule has 1 amide bonds. The van der Waals surface area contributed by atoms with Crippen LogP contribution in [0.4, 0.5) is 0 Å². The molecule has 4 heteroatoms. The summed E-state index contributed by atoms with van der Waals surface area (Å²) in [5.74, 6) is 1.21. The molecule has 0 saturated carbocycles. The monoisotopic (exact) mass is 259 g/mol. The first-order valence-corrected chi connectivity index (χ1v) is 6.04. The van der Waals surface area contributed by atoms with Crippen molar-refractivity contribution in [3.05, 3.63) is 35.4 Å². The third-order valence-corrected chi connectivity index (χ3v) is 2.62. The van der Waals surface area contributed by atoms with Crippen molar-refractivity contribution in [2.45, 2.75) is 26.3 Å². The molecular weight excluding hydrogens is 242 g/mol. The van der Waals surface area contributed by atoms with Crippen LogP contribution in [0.15, 0.2) is 24.3 Å². The van der Waals surface area contributed by atoms with Crippen LogP contribution in [-0.4, -0.2) is 23.0 Å². The summed E-state index contributed by atoms with van der Waals surface area (Å²) in [5.41, 5.74) is 1.07. The van der Waals surface area contributed by atoms with E-state index in [1.165, 1.54) is 0 Å². The van der Waals surface area contributed by atoms with Crippen LogP contribution < -0.4 is 5.32 Å². The molecule has 0 bridgehead atoms. The average Bonchev–Trinajstić information content (AvgIpc) is 2.37. The van der Waals surface area contributed by atoms with Crippen molar-refractivity contribution >= 4 is 11.9 Å². The van der Waals surface area contributed by atoms with Crippen molar-refractivity contribution < 1.29 is 14.7 Å². The van der Waals surface area contributed by atoms with Gasteiger partial charge < -0.3 is 10.4 Å². The molecule has 1 atom stereocenters. The summed E-state index contributed by atoms with van der Waals surface area (Å²) < 4.78 is 0. The second-order valence-corrected chi connectivity index (χ2v) is 4.72. The Labute approximate surface area is 112 Å². The minimum atomic E-state index is -1.03. The van der Waals surface area contributed by atoms with Crippen LogP contribution in [0.5, 0.6) is 0 Å². The molecule has 1 aromatic carbocycles. The van der Waals surface area contributed by atoms with Crippen molar-refractivity contribution in [1.82, 2.24) is 5.32 Å². The van der Waals surface area contributed by atoms with Gasteiger partial charge in [0.1, 0.15) is 6.04 Å². The molecule has 1 rings (SSSR count). The number of rotatable bonds is 5. The zero-order valence-electron chi connectivity index (χ0n) is 11.0. The van der Waals surface area contributed by atoms with Crippen molar-refractivity contribution in [3.8, 4) is 12.3 Å². The highest BCUT2D eigenvalue weighted by molar-refractivity contribution is 5.96. The Bertz CT molecular complexity index is 497. The third kappa shape index (κ3) is 4.47. The smallest absolute Gasteiger partial charge is 0.326 e. The van der Waals surface area contributed by atoms with Crippen LogP contribution in [0, 0.1) is 18.3 Å². The summed E-state index contributed by atoms with van der Waals surface area (Å²) in [6.45, 7) is 3.81. The third-order valence-electron chi connectivity index (χ3n) is 2.62. The minimum Gasteiger partial charge on any atom is -0.480 e. The predicted molar refractivity (Wildman–Crippen MR) is 72.7 cm³/mol. The minimum absolute atomic E-state index is 0.185. The number of amides is 1. The summed E-state index contributed by atoms with van der Waals surface area (Å²) >= 11 is 0. The van der Waals surface area contributed by atoms with E-state index in [0.29, 0.717) is 17.5 Å². The lowest BCUT2D eigenvalue weighted by molar-refractivity contribution is -0.139. The molecule has 0 saturated heterocycles. The van der Waals surface area contributed by atoms with E-state index in [4.69, 9.17) is 11.5 Å².